The smallest absolute Gasteiger partial charge is 0.164 e. The molecule has 0 N–H and O–H groups in total. The summed E-state index contributed by atoms with van der Waals surface area (Å²) in [5.74, 6) is 1.60. The second-order valence-electron chi connectivity index (χ2n) is 18.2. The molecule has 0 aliphatic rings. The van der Waals surface area contributed by atoms with Gasteiger partial charge in [0.15, 0.2) is 17.5 Å². The highest BCUT2D eigenvalue weighted by Crippen LogP contribution is 2.46. The number of nitrogens with zero attached hydrogens (tertiary/aromatic N) is 6. The second-order valence-corrected chi connectivity index (χ2v) is 18.2. The molecule has 5 aromatic heterocycles. The summed E-state index contributed by atoms with van der Waals surface area (Å²) in [5, 5.41) is 19.2. The lowest BCUT2D eigenvalue weighted by Crippen LogP contribution is -2.04. The average molecular weight is 921 g/mol. The largest absolute Gasteiger partial charge is 0.455 e. The van der Waals surface area contributed by atoms with E-state index in [0.29, 0.717) is 23.0 Å². The summed E-state index contributed by atoms with van der Waals surface area (Å²) in [7, 11) is 0. The third-order valence-corrected chi connectivity index (χ3v) is 14.2. The van der Waals surface area contributed by atoms with Crippen molar-refractivity contribution < 1.29 is 8.83 Å². The Kier molecular flexibility index (Phi) is 8.55. The van der Waals surface area contributed by atoms with Crippen LogP contribution in [0.3, 0.4) is 0 Å². The van der Waals surface area contributed by atoms with Crippen molar-refractivity contribution in [2.24, 2.45) is 0 Å². The normalized spacial score (nSPS) is 11.9. The topological polar surface area (TPSA) is 98.6 Å². The number of rotatable bonds is 6. The molecule has 15 aromatic rings. The van der Waals surface area contributed by atoms with E-state index in [9.17, 15) is 5.26 Å². The molecule has 0 saturated carbocycles. The molecule has 0 aliphatic carbocycles. The van der Waals surface area contributed by atoms with Gasteiger partial charge in [0.1, 0.15) is 22.3 Å². The van der Waals surface area contributed by atoms with Crippen LogP contribution in [0.25, 0.3) is 144 Å². The fraction of sp³-hybridized carbons (Fsp3) is 0. The van der Waals surface area contributed by atoms with Crippen LogP contribution in [0, 0.1) is 11.3 Å². The zero-order chi connectivity index (χ0) is 47.4. The predicted molar refractivity (Wildman–Crippen MR) is 290 cm³/mol. The van der Waals surface area contributed by atoms with E-state index in [1.54, 1.807) is 0 Å². The van der Waals surface area contributed by atoms with Crippen molar-refractivity contribution >= 4 is 87.5 Å². The molecule has 0 saturated heterocycles. The third-order valence-electron chi connectivity index (χ3n) is 14.2. The van der Waals surface area contributed by atoms with Crippen LogP contribution in [0.5, 0.6) is 0 Å². The summed E-state index contributed by atoms with van der Waals surface area (Å²) in [4.78, 5) is 15.7. The number of nitriles is 1. The summed E-state index contributed by atoms with van der Waals surface area (Å²) >= 11 is 0. The SMILES string of the molecule is N#Cc1ccc(-n2c3ccccc3c3c4oc5ccccc5c4ccc32)c(-c2cc(-n3c4ccccc4c4c5oc6ccccc6c5ccc43)ccc2-c2nc(-c3ccccc3)nc(-c3ccccc3)n2)c1. The molecule has 8 heteroatoms. The average Bonchev–Trinajstić information content (AvgIpc) is 4.21. The first-order valence-electron chi connectivity index (χ1n) is 23.9. The van der Waals surface area contributed by atoms with E-state index in [1.807, 2.05) is 97.1 Å². The van der Waals surface area contributed by atoms with E-state index < -0.39 is 0 Å². The van der Waals surface area contributed by atoms with Gasteiger partial charge in [-0.05, 0) is 90.5 Å². The standard InChI is InChI=1S/C64H36N6O2/c65-37-38-27-32-53(70-52-24-12-8-22-48(52)59-55(70)34-31-45-43-20-10-14-26-57(43)72-61(45)59)50(35-38)49-36-41(28-29-46(49)64-67-62(39-15-3-1-4-16-39)66-63(68-64)40-17-5-2-6-18-40)69-51-23-11-7-21-47(51)58-54(69)33-30-44-42-19-9-13-25-56(42)71-60(44)58/h1-36H. The van der Waals surface area contributed by atoms with Gasteiger partial charge in [0, 0.05) is 60.3 Å². The van der Waals surface area contributed by atoms with Gasteiger partial charge in [-0.3, -0.25) is 0 Å². The van der Waals surface area contributed by atoms with E-state index in [-0.39, 0.29) is 0 Å². The minimum Gasteiger partial charge on any atom is -0.455 e. The summed E-state index contributed by atoms with van der Waals surface area (Å²) in [6.07, 6.45) is 0. The molecule has 0 atom stereocenters. The highest BCUT2D eigenvalue weighted by atomic mass is 16.3. The zero-order valence-electron chi connectivity index (χ0n) is 38.3. The minimum atomic E-state index is 0.495. The highest BCUT2D eigenvalue weighted by molar-refractivity contribution is 6.25. The molecule has 0 fully saturated rings. The van der Waals surface area contributed by atoms with Crippen LogP contribution >= 0.6 is 0 Å². The van der Waals surface area contributed by atoms with Crippen LogP contribution in [0.2, 0.25) is 0 Å². The van der Waals surface area contributed by atoms with E-state index in [0.717, 1.165) is 127 Å². The maximum absolute atomic E-state index is 10.7. The number of furan rings is 2. The van der Waals surface area contributed by atoms with Gasteiger partial charge in [-0.1, -0.05) is 133 Å². The molecule has 0 bridgehead atoms. The molecule has 0 radical (unpaired) electrons. The van der Waals surface area contributed by atoms with Crippen LogP contribution in [-0.2, 0) is 0 Å². The number of benzene rings is 10. The van der Waals surface area contributed by atoms with Crippen molar-refractivity contribution in [2.75, 3.05) is 0 Å². The monoisotopic (exact) mass is 920 g/mol. The van der Waals surface area contributed by atoms with E-state index in [2.05, 4.69) is 137 Å². The van der Waals surface area contributed by atoms with Crippen molar-refractivity contribution in [2.45, 2.75) is 0 Å². The molecule has 15 rings (SSSR count). The molecule has 0 unspecified atom stereocenters. The number of aromatic nitrogens is 5. The molecule has 0 amide bonds. The van der Waals surface area contributed by atoms with Crippen LogP contribution in [0.15, 0.2) is 227 Å². The summed E-state index contributed by atoms with van der Waals surface area (Å²) in [6.45, 7) is 0. The second kappa shape index (κ2) is 15.5. The predicted octanol–water partition coefficient (Wildman–Crippen LogP) is 16.4. The van der Waals surface area contributed by atoms with E-state index in [4.69, 9.17) is 23.8 Å². The molecule has 10 aromatic carbocycles. The Hall–Kier alpha value is -10.1. The lowest BCUT2D eigenvalue weighted by Gasteiger charge is -2.19. The van der Waals surface area contributed by atoms with Gasteiger partial charge in [0.05, 0.1) is 50.2 Å². The summed E-state index contributed by atoms with van der Waals surface area (Å²) < 4.78 is 18.1. The lowest BCUT2D eigenvalue weighted by molar-refractivity contribution is 0.672. The first kappa shape index (κ1) is 39.9. The fourth-order valence-corrected chi connectivity index (χ4v) is 11.0. The van der Waals surface area contributed by atoms with E-state index in [1.165, 1.54) is 0 Å². The Bertz CT molecular complexity index is 4710. The van der Waals surface area contributed by atoms with E-state index >= 15 is 0 Å². The Morgan fingerprint density at radius 3 is 1.44 bits per heavy atom. The van der Waals surface area contributed by atoms with Crippen molar-refractivity contribution in [3.8, 4) is 62.7 Å². The highest BCUT2D eigenvalue weighted by Gasteiger charge is 2.25. The molecule has 8 nitrogen and oxygen atoms in total. The van der Waals surface area contributed by atoms with Gasteiger partial charge in [-0.15, -0.1) is 0 Å². The van der Waals surface area contributed by atoms with Gasteiger partial charge in [-0.25, -0.2) is 15.0 Å². The number of hydrogen-bond acceptors (Lipinski definition) is 6. The number of para-hydroxylation sites is 4. The summed E-state index contributed by atoms with van der Waals surface area (Å²) in [6, 6.07) is 77.1. The molecular formula is C64H36N6O2. The third kappa shape index (κ3) is 5.89. The number of fused-ring (bicyclic) bond motifs is 14. The molecular weight excluding hydrogens is 885 g/mol. The number of hydrogen-bond donors (Lipinski definition) is 0. The maximum Gasteiger partial charge on any atom is 0.164 e. The molecule has 72 heavy (non-hydrogen) atoms. The first-order valence-corrected chi connectivity index (χ1v) is 23.9. The first-order chi connectivity index (χ1) is 35.7. The molecule has 0 aliphatic heterocycles. The fourth-order valence-electron chi connectivity index (χ4n) is 11.0. The minimum absolute atomic E-state index is 0.495. The Balaban J connectivity index is 1.06. The quantitative estimate of drug-likeness (QED) is 0.165. The van der Waals surface area contributed by atoms with Crippen molar-refractivity contribution in [3.63, 3.8) is 0 Å². The Morgan fingerprint density at radius 2 is 0.861 bits per heavy atom. The van der Waals surface area contributed by atoms with Crippen molar-refractivity contribution in [1.82, 2.24) is 24.1 Å². The van der Waals surface area contributed by atoms with Gasteiger partial charge in [0.25, 0.3) is 0 Å². The van der Waals surface area contributed by atoms with Gasteiger partial charge < -0.3 is 18.0 Å². The maximum atomic E-state index is 10.7. The van der Waals surface area contributed by atoms with Gasteiger partial charge in [0.2, 0.25) is 0 Å². The van der Waals surface area contributed by atoms with Crippen LogP contribution in [-0.4, -0.2) is 24.1 Å². The van der Waals surface area contributed by atoms with Crippen molar-refractivity contribution in [1.29, 1.82) is 5.26 Å². The van der Waals surface area contributed by atoms with Crippen LogP contribution < -0.4 is 0 Å². The van der Waals surface area contributed by atoms with Crippen LogP contribution in [0.1, 0.15) is 5.56 Å². The summed E-state index contributed by atoms with van der Waals surface area (Å²) in [5.41, 5.74) is 13.8. The Labute approximate surface area is 410 Å². The molecule has 5 heterocycles. The lowest BCUT2D eigenvalue weighted by atomic mass is 9.94. The molecule has 334 valence electrons. The Morgan fingerprint density at radius 1 is 0.361 bits per heavy atom. The zero-order valence-corrected chi connectivity index (χ0v) is 38.3. The molecule has 0 spiro atoms. The van der Waals surface area contributed by atoms with Gasteiger partial charge in [-0.2, -0.15) is 5.26 Å². The van der Waals surface area contributed by atoms with Crippen LogP contribution in [0.4, 0.5) is 0 Å². The van der Waals surface area contributed by atoms with Gasteiger partial charge >= 0.3 is 0 Å². The van der Waals surface area contributed by atoms with Crippen molar-refractivity contribution in [3.05, 3.63) is 224 Å².